The number of aliphatic hydroxyl groups excluding tert-OH is 1. The van der Waals surface area contributed by atoms with E-state index in [9.17, 15) is 8.78 Å². The van der Waals surface area contributed by atoms with Gasteiger partial charge in [-0.15, -0.1) is 0 Å². The Balaban J connectivity index is 3.10. The van der Waals surface area contributed by atoms with Gasteiger partial charge in [0.25, 0.3) is 0 Å². The summed E-state index contributed by atoms with van der Waals surface area (Å²) in [4.78, 5) is 0. The van der Waals surface area contributed by atoms with Gasteiger partial charge >= 0.3 is 0 Å². The molecule has 0 amide bonds. The molecule has 0 saturated heterocycles. The highest BCUT2D eigenvalue weighted by Crippen LogP contribution is 2.19. The lowest BCUT2D eigenvalue weighted by molar-refractivity contribution is 0.324. The minimum atomic E-state index is -0.693. The van der Waals surface area contributed by atoms with Gasteiger partial charge in [-0.05, 0) is 24.6 Å². The lowest BCUT2D eigenvalue weighted by Gasteiger charge is -2.06. The Morgan fingerprint density at radius 2 is 1.83 bits per heavy atom. The number of anilines is 1. The molecule has 0 aromatic heterocycles. The number of hydrogen-bond acceptors (Lipinski definition) is 2. The van der Waals surface area contributed by atoms with Gasteiger partial charge in [0.2, 0.25) is 0 Å². The third-order valence-electron chi connectivity index (χ3n) is 1.44. The molecule has 0 atom stereocenters. The fourth-order valence-corrected chi connectivity index (χ4v) is 0.948. The largest absolute Gasteiger partial charge is 0.377 e. The summed E-state index contributed by atoms with van der Waals surface area (Å²) in [6.07, 6.45) is 0. The van der Waals surface area contributed by atoms with Crippen LogP contribution in [0.3, 0.4) is 0 Å². The predicted octanol–water partition coefficient (Wildman–Crippen LogP) is 1.63. The average Bonchev–Trinajstić information content (AvgIpc) is 1.96. The van der Waals surface area contributed by atoms with Crippen LogP contribution in [0.4, 0.5) is 14.5 Å². The van der Waals surface area contributed by atoms with Crippen LogP contribution in [0.5, 0.6) is 0 Å². The zero-order chi connectivity index (χ0) is 9.14. The Hall–Kier alpha value is -1.16. The van der Waals surface area contributed by atoms with Crippen LogP contribution in [-0.2, 0) is 0 Å². The quantitative estimate of drug-likeness (QED) is 0.666. The SMILES string of the molecule is Cc1cc(F)c(NCO)c(F)c1. The molecule has 0 heterocycles. The molecular formula is C8H9F2NO. The van der Waals surface area contributed by atoms with Crippen molar-refractivity contribution in [3.05, 3.63) is 29.3 Å². The van der Waals surface area contributed by atoms with E-state index in [0.717, 1.165) is 0 Å². The van der Waals surface area contributed by atoms with E-state index in [4.69, 9.17) is 5.11 Å². The van der Waals surface area contributed by atoms with Crippen LogP contribution in [0.15, 0.2) is 12.1 Å². The Kier molecular flexibility index (Phi) is 2.60. The standard InChI is InChI=1S/C8H9F2NO/c1-5-2-6(9)8(11-4-12)7(10)3-5/h2-3,11-12H,4H2,1H3. The maximum atomic E-state index is 12.9. The summed E-state index contributed by atoms with van der Waals surface area (Å²) in [7, 11) is 0. The van der Waals surface area contributed by atoms with Crippen LogP contribution < -0.4 is 5.32 Å². The second kappa shape index (κ2) is 3.49. The van der Waals surface area contributed by atoms with Crippen LogP contribution in [0.25, 0.3) is 0 Å². The molecule has 66 valence electrons. The molecule has 0 radical (unpaired) electrons. The molecule has 0 aliphatic rings. The fraction of sp³-hybridized carbons (Fsp3) is 0.250. The Labute approximate surface area is 68.8 Å². The number of halogens is 2. The lowest BCUT2D eigenvalue weighted by atomic mass is 10.2. The summed E-state index contributed by atoms with van der Waals surface area (Å²) in [5.41, 5.74) is 0.219. The van der Waals surface area contributed by atoms with E-state index in [0.29, 0.717) is 5.56 Å². The summed E-state index contributed by atoms with van der Waals surface area (Å²) < 4.78 is 25.8. The van der Waals surface area contributed by atoms with Gasteiger partial charge in [0.1, 0.15) is 24.1 Å². The second-order valence-corrected chi connectivity index (χ2v) is 2.44. The molecule has 0 spiro atoms. The van der Waals surface area contributed by atoms with Crippen molar-refractivity contribution in [3.63, 3.8) is 0 Å². The second-order valence-electron chi connectivity index (χ2n) is 2.44. The normalized spacial score (nSPS) is 10.0. The van der Waals surface area contributed by atoms with Crippen molar-refractivity contribution in [2.75, 3.05) is 12.0 Å². The van der Waals surface area contributed by atoms with Gasteiger partial charge in [0.05, 0.1) is 0 Å². The van der Waals surface area contributed by atoms with Gasteiger partial charge < -0.3 is 10.4 Å². The number of aryl methyl sites for hydroxylation is 1. The van der Waals surface area contributed by atoms with Crippen LogP contribution in [0.1, 0.15) is 5.56 Å². The van der Waals surface area contributed by atoms with E-state index in [1.165, 1.54) is 12.1 Å². The molecule has 2 nitrogen and oxygen atoms in total. The Morgan fingerprint density at radius 3 is 2.25 bits per heavy atom. The molecule has 2 N–H and O–H groups in total. The van der Waals surface area contributed by atoms with Crippen LogP contribution in [0, 0.1) is 18.6 Å². The number of nitrogens with one attached hydrogen (secondary N) is 1. The van der Waals surface area contributed by atoms with Crippen molar-refractivity contribution in [1.82, 2.24) is 0 Å². The number of aliphatic hydroxyl groups is 1. The molecule has 0 aliphatic heterocycles. The minimum absolute atomic E-state index is 0.289. The van der Waals surface area contributed by atoms with E-state index >= 15 is 0 Å². The van der Waals surface area contributed by atoms with Gasteiger partial charge in [-0.1, -0.05) is 0 Å². The number of benzene rings is 1. The third-order valence-corrected chi connectivity index (χ3v) is 1.44. The first-order valence-electron chi connectivity index (χ1n) is 3.45. The summed E-state index contributed by atoms with van der Waals surface area (Å²) in [5.74, 6) is -1.39. The zero-order valence-electron chi connectivity index (χ0n) is 6.56. The first-order valence-corrected chi connectivity index (χ1v) is 3.45. The summed E-state index contributed by atoms with van der Waals surface area (Å²) in [6, 6.07) is 2.39. The van der Waals surface area contributed by atoms with Crippen molar-refractivity contribution in [1.29, 1.82) is 0 Å². The van der Waals surface area contributed by atoms with Gasteiger partial charge in [0, 0.05) is 0 Å². The lowest BCUT2D eigenvalue weighted by Crippen LogP contribution is -2.04. The smallest absolute Gasteiger partial charge is 0.149 e. The zero-order valence-corrected chi connectivity index (χ0v) is 6.56. The van der Waals surface area contributed by atoms with Crippen molar-refractivity contribution in [2.45, 2.75) is 6.92 Å². The van der Waals surface area contributed by atoms with Crippen LogP contribution >= 0.6 is 0 Å². The van der Waals surface area contributed by atoms with E-state index in [1.54, 1.807) is 6.92 Å². The van der Waals surface area contributed by atoms with E-state index < -0.39 is 18.4 Å². The molecule has 12 heavy (non-hydrogen) atoms. The number of rotatable bonds is 2. The molecule has 1 rings (SSSR count). The van der Waals surface area contributed by atoms with Gasteiger partial charge in [-0.25, -0.2) is 8.78 Å². The topological polar surface area (TPSA) is 32.3 Å². The van der Waals surface area contributed by atoms with E-state index in [-0.39, 0.29) is 5.69 Å². The van der Waals surface area contributed by atoms with Crippen LogP contribution in [-0.4, -0.2) is 11.8 Å². The summed E-state index contributed by atoms with van der Waals surface area (Å²) in [6.45, 7) is 1.10. The summed E-state index contributed by atoms with van der Waals surface area (Å²) >= 11 is 0. The van der Waals surface area contributed by atoms with Crippen molar-refractivity contribution < 1.29 is 13.9 Å². The average molecular weight is 173 g/mol. The van der Waals surface area contributed by atoms with Gasteiger partial charge in [0.15, 0.2) is 0 Å². The minimum Gasteiger partial charge on any atom is -0.377 e. The van der Waals surface area contributed by atoms with Crippen molar-refractivity contribution >= 4 is 5.69 Å². The Morgan fingerprint density at radius 1 is 1.33 bits per heavy atom. The summed E-state index contributed by atoms with van der Waals surface area (Å²) in [5, 5.41) is 10.6. The van der Waals surface area contributed by atoms with Crippen molar-refractivity contribution in [3.8, 4) is 0 Å². The molecule has 0 unspecified atom stereocenters. The molecule has 1 aromatic carbocycles. The highest BCUT2D eigenvalue weighted by atomic mass is 19.1. The van der Waals surface area contributed by atoms with E-state index in [2.05, 4.69) is 5.32 Å². The maximum absolute atomic E-state index is 12.9. The predicted molar refractivity (Wildman–Crippen MR) is 41.8 cm³/mol. The van der Waals surface area contributed by atoms with Gasteiger partial charge in [-0.2, -0.15) is 0 Å². The van der Waals surface area contributed by atoms with Gasteiger partial charge in [-0.3, -0.25) is 0 Å². The van der Waals surface area contributed by atoms with Crippen LogP contribution in [0.2, 0.25) is 0 Å². The molecule has 0 fully saturated rings. The fourth-order valence-electron chi connectivity index (χ4n) is 0.948. The maximum Gasteiger partial charge on any atom is 0.149 e. The monoisotopic (exact) mass is 173 g/mol. The van der Waals surface area contributed by atoms with Crippen molar-refractivity contribution in [2.24, 2.45) is 0 Å². The highest BCUT2D eigenvalue weighted by molar-refractivity contribution is 5.47. The Bertz CT molecular complexity index is 265. The first kappa shape index (κ1) is 8.93. The molecule has 0 saturated carbocycles. The highest BCUT2D eigenvalue weighted by Gasteiger charge is 2.07. The number of hydrogen-bond donors (Lipinski definition) is 2. The first-order chi connectivity index (χ1) is 5.65. The molecular weight excluding hydrogens is 164 g/mol. The molecule has 4 heteroatoms. The molecule has 1 aromatic rings. The molecule has 0 aliphatic carbocycles. The molecule has 0 bridgehead atoms. The third kappa shape index (κ3) is 1.71. The van der Waals surface area contributed by atoms with E-state index in [1.807, 2.05) is 0 Å².